The largest absolute Gasteiger partial charge is 0.295 e. The van der Waals surface area contributed by atoms with Crippen molar-refractivity contribution in [3.8, 4) is 0 Å². The van der Waals surface area contributed by atoms with Gasteiger partial charge in [-0.2, -0.15) is 0 Å². The van der Waals surface area contributed by atoms with Crippen LogP contribution in [-0.2, 0) is 13.0 Å². The highest BCUT2D eigenvalue weighted by Crippen LogP contribution is 2.29. The SMILES string of the molecule is [C]1c2ccccc2CCN1N1CNCc2ccccc21. The molecule has 0 bridgehead atoms. The molecule has 0 saturated heterocycles. The summed E-state index contributed by atoms with van der Waals surface area (Å²) in [6, 6.07) is 17.1. The molecule has 0 saturated carbocycles. The molecule has 0 aliphatic carbocycles. The highest BCUT2D eigenvalue weighted by Gasteiger charge is 2.26. The molecular weight excluding hydrogens is 246 g/mol. The van der Waals surface area contributed by atoms with E-state index in [-0.39, 0.29) is 0 Å². The predicted octanol–water partition coefficient (Wildman–Crippen LogP) is 2.41. The van der Waals surface area contributed by atoms with Crippen LogP contribution >= 0.6 is 0 Å². The summed E-state index contributed by atoms with van der Waals surface area (Å²) in [4.78, 5) is 0. The van der Waals surface area contributed by atoms with Gasteiger partial charge in [-0.3, -0.25) is 10.3 Å². The fourth-order valence-corrected chi connectivity index (χ4v) is 2.96. The Morgan fingerprint density at radius 3 is 2.70 bits per heavy atom. The van der Waals surface area contributed by atoms with Gasteiger partial charge in [-0.15, -0.1) is 0 Å². The zero-order valence-corrected chi connectivity index (χ0v) is 11.3. The van der Waals surface area contributed by atoms with Crippen molar-refractivity contribution in [3.05, 3.63) is 71.8 Å². The number of nitrogens with one attached hydrogen (secondary N) is 1. The fraction of sp³-hybridized carbons (Fsp3) is 0.235. The molecule has 0 spiro atoms. The van der Waals surface area contributed by atoms with Crippen LogP contribution in [0.15, 0.2) is 48.5 Å². The first-order valence-electron chi connectivity index (χ1n) is 7.10. The molecule has 0 unspecified atom stereocenters. The Morgan fingerprint density at radius 1 is 0.950 bits per heavy atom. The summed E-state index contributed by atoms with van der Waals surface area (Å²) in [6.07, 6.45) is 1.07. The average Bonchev–Trinajstić information content (AvgIpc) is 2.54. The smallest absolute Gasteiger partial charge is 0.119 e. The molecule has 100 valence electrons. The van der Waals surface area contributed by atoms with E-state index >= 15 is 0 Å². The standard InChI is InChI=1S/C17H17N3/c1-2-7-16-12-19(10-9-14(16)5-1)20-13-18-11-15-6-3-4-8-17(15)20/h1-8,18H,9-11,13H2. The highest BCUT2D eigenvalue weighted by atomic mass is 15.6. The lowest BCUT2D eigenvalue weighted by Gasteiger charge is -2.41. The van der Waals surface area contributed by atoms with Crippen LogP contribution in [0.3, 0.4) is 0 Å². The number of nitrogens with zero attached hydrogens (tertiary/aromatic N) is 2. The van der Waals surface area contributed by atoms with Gasteiger partial charge >= 0.3 is 0 Å². The van der Waals surface area contributed by atoms with Crippen molar-refractivity contribution in [3.63, 3.8) is 0 Å². The fourth-order valence-electron chi connectivity index (χ4n) is 2.96. The van der Waals surface area contributed by atoms with Gasteiger partial charge in [0.15, 0.2) is 0 Å². The van der Waals surface area contributed by atoms with Gasteiger partial charge in [0.2, 0.25) is 0 Å². The number of hydrogen-bond acceptors (Lipinski definition) is 3. The van der Waals surface area contributed by atoms with Crippen molar-refractivity contribution < 1.29 is 0 Å². The highest BCUT2D eigenvalue weighted by molar-refractivity contribution is 5.55. The number of benzene rings is 2. The minimum Gasteiger partial charge on any atom is -0.295 e. The van der Waals surface area contributed by atoms with E-state index in [1.165, 1.54) is 22.4 Å². The van der Waals surface area contributed by atoms with Crippen LogP contribution in [0.1, 0.15) is 16.7 Å². The van der Waals surface area contributed by atoms with Gasteiger partial charge in [-0.25, -0.2) is 5.01 Å². The Morgan fingerprint density at radius 2 is 1.75 bits per heavy atom. The summed E-state index contributed by atoms with van der Waals surface area (Å²) < 4.78 is 0. The Balaban J connectivity index is 1.64. The molecule has 0 aromatic heterocycles. The Labute approximate surface area is 119 Å². The Hall–Kier alpha value is -1.84. The van der Waals surface area contributed by atoms with E-state index < -0.39 is 0 Å². The molecule has 4 rings (SSSR count). The number of anilines is 1. The van der Waals surface area contributed by atoms with E-state index in [0.29, 0.717) is 0 Å². The van der Waals surface area contributed by atoms with E-state index in [4.69, 9.17) is 0 Å². The number of rotatable bonds is 1. The number of para-hydroxylation sites is 1. The molecule has 3 heteroatoms. The van der Waals surface area contributed by atoms with Gasteiger partial charge in [-0.05, 0) is 29.2 Å². The predicted molar refractivity (Wildman–Crippen MR) is 79.8 cm³/mol. The van der Waals surface area contributed by atoms with Gasteiger partial charge < -0.3 is 0 Å². The van der Waals surface area contributed by atoms with E-state index in [1.54, 1.807) is 0 Å². The van der Waals surface area contributed by atoms with Crippen LogP contribution in [0.4, 0.5) is 5.69 Å². The monoisotopic (exact) mass is 263 g/mol. The molecule has 2 aliphatic heterocycles. The maximum Gasteiger partial charge on any atom is 0.119 e. The lowest BCUT2D eigenvalue weighted by molar-refractivity contribution is 0.288. The molecule has 0 fully saturated rings. The van der Waals surface area contributed by atoms with Crippen LogP contribution in [-0.4, -0.2) is 18.2 Å². The topological polar surface area (TPSA) is 18.5 Å². The first-order chi connectivity index (χ1) is 9.92. The summed E-state index contributed by atoms with van der Waals surface area (Å²) in [5.74, 6) is 0. The van der Waals surface area contributed by atoms with Gasteiger partial charge in [0, 0.05) is 13.1 Å². The summed E-state index contributed by atoms with van der Waals surface area (Å²) in [7, 11) is 0. The van der Waals surface area contributed by atoms with Crippen molar-refractivity contribution in [1.82, 2.24) is 10.3 Å². The normalized spacial score (nSPS) is 18.5. The lowest BCUT2D eigenvalue weighted by Crippen LogP contribution is -2.51. The molecule has 20 heavy (non-hydrogen) atoms. The van der Waals surface area contributed by atoms with E-state index in [2.05, 4.69) is 70.4 Å². The molecule has 2 heterocycles. The Bertz CT molecular complexity index is 623. The van der Waals surface area contributed by atoms with Crippen LogP contribution in [0.25, 0.3) is 0 Å². The number of hydrogen-bond donors (Lipinski definition) is 1. The summed E-state index contributed by atoms with van der Waals surface area (Å²) >= 11 is 0. The van der Waals surface area contributed by atoms with E-state index in [0.717, 1.165) is 26.2 Å². The summed E-state index contributed by atoms with van der Waals surface area (Å²) in [6.45, 7) is 6.29. The maximum atomic E-state index is 3.53. The average molecular weight is 263 g/mol. The van der Waals surface area contributed by atoms with Crippen molar-refractivity contribution in [1.29, 1.82) is 0 Å². The van der Waals surface area contributed by atoms with Crippen LogP contribution in [0.2, 0.25) is 0 Å². The zero-order chi connectivity index (χ0) is 13.4. The zero-order valence-electron chi connectivity index (χ0n) is 11.3. The summed E-state index contributed by atoms with van der Waals surface area (Å²) in [5.41, 5.74) is 5.24. The van der Waals surface area contributed by atoms with Crippen molar-refractivity contribution in [2.75, 3.05) is 18.2 Å². The molecule has 0 atom stereocenters. The van der Waals surface area contributed by atoms with Gasteiger partial charge in [0.1, 0.15) is 6.54 Å². The second-order valence-corrected chi connectivity index (χ2v) is 5.26. The van der Waals surface area contributed by atoms with Crippen molar-refractivity contribution in [2.45, 2.75) is 13.0 Å². The molecule has 2 aromatic rings. The lowest BCUT2D eigenvalue weighted by atomic mass is 10.0. The van der Waals surface area contributed by atoms with E-state index in [1.807, 2.05) is 0 Å². The van der Waals surface area contributed by atoms with Crippen molar-refractivity contribution >= 4 is 5.69 Å². The Kier molecular flexibility index (Phi) is 2.94. The quantitative estimate of drug-likeness (QED) is 0.852. The molecule has 0 amide bonds. The third-order valence-corrected chi connectivity index (χ3v) is 4.00. The second kappa shape index (κ2) is 4.93. The van der Waals surface area contributed by atoms with E-state index in [9.17, 15) is 0 Å². The molecule has 3 nitrogen and oxygen atoms in total. The molecular formula is C17H17N3. The molecule has 1 N–H and O–H groups in total. The molecule has 2 aromatic carbocycles. The molecule has 2 aliphatic rings. The van der Waals surface area contributed by atoms with Gasteiger partial charge in [0.05, 0.1) is 12.4 Å². The van der Waals surface area contributed by atoms with Crippen LogP contribution < -0.4 is 10.3 Å². The minimum atomic E-state index is 0.839. The number of hydrazine groups is 1. The van der Waals surface area contributed by atoms with Crippen molar-refractivity contribution in [2.24, 2.45) is 0 Å². The molecule has 2 radical (unpaired) electrons. The number of fused-ring (bicyclic) bond motifs is 2. The van der Waals surface area contributed by atoms with Gasteiger partial charge in [-0.1, -0.05) is 42.5 Å². The van der Waals surface area contributed by atoms with Crippen LogP contribution in [0, 0.1) is 6.54 Å². The third-order valence-electron chi connectivity index (χ3n) is 4.00. The second-order valence-electron chi connectivity index (χ2n) is 5.26. The van der Waals surface area contributed by atoms with Crippen LogP contribution in [0.5, 0.6) is 0 Å². The maximum absolute atomic E-state index is 3.53. The first kappa shape index (κ1) is 11.9. The van der Waals surface area contributed by atoms with Gasteiger partial charge in [0.25, 0.3) is 0 Å². The third kappa shape index (κ3) is 1.99. The minimum absolute atomic E-state index is 0.839. The first-order valence-corrected chi connectivity index (χ1v) is 7.10. The summed E-state index contributed by atoms with van der Waals surface area (Å²) in [5, 5.41) is 7.96.